The third kappa shape index (κ3) is 3.26. The molecular weight excluding hydrogens is 308 g/mol. The Hall–Kier alpha value is -2.41. The molecule has 7 nitrogen and oxygen atoms in total. The molecular formula is C17H22N4O3. The highest BCUT2D eigenvalue weighted by Gasteiger charge is 2.41. The Morgan fingerprint density at radius 1 is 1.17 bits per heavy atom. The molecule has 2 amide bonds. The van der Waals surface area contributed by atoms with Crippen molar-refractivity contribution < 1.29 is 14.3 Å². The van der Waals surface area contributed by atoms with Gasteiger partial charge in [0.2, 0.25) is 11.8 Å². The maximum absolute atomic E-state index is 12.9. The van der Waals surface area contributed by atoms with Crippen molar-refractivity contribution in [3.63, 3.8) is 0 Å². The minimum Gasteiger partial charge on any atom is -0.440 e. The van der Waals surface area contributed by atoms with Gasteiger partial charge in [-0.25, -0.2) is 0 Å². The highest BCUT2D eigenvalue weighted by molar-refractivity contribution is 5.99. The van der Waals surface area contributed by atoms with Crippen LogP contribution in [0.15, 0.2) is 35.4 Å². The molecule has 0 aliphatic carbocycles. The number of nitrogens with one attached hydrogen (secondary N) is 1. The van der Waals surface area contributed by atoms with Crippen LogP contribution in [0, 0.1) is 0 Å². The van der Waals surface area contributed by atoms with Crippen molar-refractivity contribution in [1.82, 2.24) is 15.2 Å². The standard InChI is InChI=1S/C17H22N4O3/c1-11-9-20(10-12(2)18-11)16(23)17-21(13(3)22)19-15(24-17)14-7-5-4-6-8-14/h4-8,11-12,17-18H,9-10H2,1-3H3/t11-,12+,17?. The molecule has 0 saturated carbocycles. The number of hydrogen-bond donors (Lipinski definition) is 1. The van der Waals surface area contributed by atoms with Gasteiger partial charge in [-0.1, -0.05) is 18.2 Å². The second-order valence-corrected chi connectivity index (χ2v) is 6.32. The van der Waals surface area contributed by atoms with Gasteiger partial charge in [0.25, 0.3) is 12.1 Å². The summed E-state index contributed by atoms with van der Waals surface area (Å²) in [5.74, 6) is -0.268. The lowest BCUT2D eigenvalue weighted by Gasteiger charge is -2.37. The summed E-state index contributed by atoms with van der Waals surface area (Å²) in [6.07, 6.45) is -1.03. The largest absolute Gasteiger partial charge is 0.440 e. The molecule has 2 aliphatic rings. The van der Waals surface area contributed by atoms with Gasteiger partial charge in [-0.2, -0.15) is 5.01 Å². The van der Waals surface area contributed by atoms with Crippen LogP contribution in [-0.2, 0) is 14.3 Å². The molecule has 3 rings (SSSR count). The summed E-state index contributed by atoms with van der Waals surface area (Å²) in [4.78, 5) is 26.5. The molecule has 128 valence electrons. The van der Waals surface area contributed by atoms with E-state index in [1.807, 2.05) is 44.2 Å². The summed E-state index contributed by atoms with van der Waals surface area (Å²) in [5.41, 5.74) is 0.737. The molecule has 1 aromatic rings. The van der Waals surface area contributed by atoms with Crippen LogP contribution < -0.4 is 5.32 Å². The Bertz CT molecular complexity index is 651. The van der Waals surface area contributed by atoms with E-state index in [9.17, 15) is 9.59 Å². The quantitative estimate of drug-likeness (QED) is 0.869. The smallest absolute Gasteiger partial charge is 0.287 e. The lowest BCUT2D eigenvalue weighted by molar-refractivity contribution is -0.155. The monoisotopic (exact) mass is 330 g/mol. The summed E-state index contributed by atoms with van der Waals surface area (Å²) >= 11 is 0. The van der Waals surface area contributed by atoms with E-state index < -0.39 is 6.23 Å². The summed E-state index contributed by atoms with van der Waals surface area (Å²) in [7, 11) is 0. The molecule has 1 fully saturated rings. The van der Waals surface area contributed by atoms with Gasteiger partial charge in [-0.3, -0.25) is 9.59 Å². The molecule has 0 radical (unpaired) electrons. The summed E-state index contributed by atoms with van der Waals surface area (Å²) < 4.78 is 5.75. The van der Waals surface area contributed by atoms with Crippen molar-refractivity contribution >= 4 is 17.7 Å². The van der Waals surface area contributed by atoms with Gasteiger partial charge >= 0.3 is 0 Å². The molecule has 24 heavy (non-hydrogen) atoms. The topological polar surface area (TPSA) is 74.2 Å². The molecule has 2 aliphatic heterocycles. The van der Waals surface area contributed by atoms with Crippen molar-refractivity contribution in [3.8, 4) is 0 Å². The fourth-order valence-electron chi connectivity index (χ4n) is 3.09. The third-order valence-corrected chi connectivity index (χ3v) is 4.07. The summed E-state index contributed by atoms with van der Waals surface area (Å²) in [6.45, 7) is 6.59. The first kappa shape index (κ1) is 16.4. The first-order valence-corrected chi connectivity index (χ1v) is 8.11. The van der Waals surface area contributed by atoms with E-state index in [4.69, 9.17) is 4.74 Å². The van der Waals surface area contributed by atoms with Crippen molar-refractivity contribution in [2.75, 3.05) is 13.1 Å². The first-order valence-electron chi connectivity index (χ1n) is 8.11. The van der Waals surface area contributed by atoms with Gasteiger partial charge in [0.15, 0.2) is 0 Å². The number of nitrogens with zero attached hydrogens (tertiary/aromatic N) is 3. The molecule has 0 aromatic heterocycles. The van der Waals surface area contributed by atoms with E-state index in [1.165, 1.54) is 6.92 Å². The predicted octanol–water partition coefficient (Wildman–Crippen LogP) is 0.762. The van der Waals surface area contributed by atoms with Crippen LogP contribution in [0.2, 0.25) is 0 Å². The Morgan fingerprint density at radius 3 is 2.38 bits per heavy atom. The average Bonchev–Trinajstić information content (AvgIpc) is 2.99. The van der Waals surface area contributed by atoms with Crippen molar-refractivity contribution in [3.05, 3.63) is 35.9 Å². The SMILES string of the molecule is CC(=O)N1N=C(c2ccccc2)OC1C(=O)N1C[C@@H](C)N[C@@H](C)C1. The van der Waals surface area contributed by atoms with Gasteiger partial charge in [0.05, 0.1) is 0 Å². The second kappa shape index (κ2) is 6.60. The Kier molecular flexibility index (Phi) is 4.53. The lowest BCUT2D eigenvalue weighted by atomic mass is 10.1. The van der Waals surface area contributed by atoms with Crippen LogP contribution in [0.4, 0.5) is 0 Å². The number of carbonyl (C=O) groups excluding carboxylic acids is 2. The first-order chi connectivity index (χ1) is 11.5. The summed E-state index contributed by atoms with van der Waals surface area (Å²) in [5, 5.41) is 8.71. The van der Waals surface area contributed by atoms with Gasteiger partial charge in [0.1, 0.15) is 0 Å². The van der Waals surface area contributed by atoms with Gasteiger partial charge < -0.3 is 15.0 Å². The zero-order valence-electron chi connectivity index (χ0n) is 14.1. The van der Waals surface area contributed by atoms with Crippen molar-refractivity contribution in [2.24, 2.45) is 5.10 Å². The van der Waals surface area contributed by atoms with Crippen LogP contribution in [0.5, 0.6) is 0 Å². The number of hydrogen-bond acceptors (Lipinski definition) is 5. The molecule has 7 heteroatoms. The van der Waals surface area contributed by atoms with E-state index in [0.717, 1.165) is 10.6 Å². The molecule has 3 atom stereocenters. The molecule has 2 heterocycles. The van der Waals surface area contributed by atoms with Crippen LogP contribution in [0.3, 0.4) is 0 Å². The van der Waals surface area contributed by atoms with Gasteiger partial charge in [-0.05, 0) is 26.0 Å². The zero-order chi connectivity index (χ0) is 17.3. The van der Waals surface area contributed by atoms with E-state index in [-0.39, 0.29) is 23.9 Å². The van der Waals surface area contributed by atoms with Crippen molar-refractivity contribution in [2.45, 2.75) is 39.1 Å². The normalized spacial score (nSPS) is 26.8. The highest BCUT2D eigenvalue weighted by Crippen LogP contribution is 2.20. The number of rotatable bonds is 2. The zero-order valence-corrected chi connectivity index (χ0v) is 14.1. The Balaban J connectivity index is 1.80. The molecule has 1 N–H and O–H groups in total. The maximum atomic E-state index is 12.9. The third-order valence-electron chi connectivity index (χ3n) is 4.07. The molecule has 1 aromatic carbocycles. The fourth-order valence-corrected chi connectivity index (χ4v) is 3.09. The van der Waals surface area contributed by atoms with Crippen molar-refractivity contribution in [1.29, 1.82) is 0 Å². The Morgan fingerprint density at radius 2 is 1.79 bits per heavy atom. The van der Waals surface area contributed by atoms with Gasteiger partial charge in [0, 0.05) is 37.7 Å². The minimum absolute atomic E-state index is 0.194. The van der Waals surface area contributed by atoms with E-state index >= 15 is 0 Å². The molecule has 1 saturated heterocycles. The highest BCUT2D eigenvalue weighted by atomic mass is 16.5. The molecule has 1 unspecified atom stereocenters. The van der Waals surface area contributed by atoms with Crippen LogP contribution in [0.1, 0.15) is 26.3 Å². The molecule has 0 spiro atoms. The van der Waals surface area contributed by atoms with E-state index in [1.54, 1.807) is 4.90 Å². The van der Waals surface area contributed by atoms with Crippen LogP contribution in [-0.4, -0.2) is 59.0 Å². The van der Waals surface area contributed by atoms with Crippen LogP contribution in [0.25, 0.3) is 0 Å². The number of ether oxygens (including phenoxy) is 1. The minimum atomic E-state index is -1.03. The van der Waals surface area contributed by atoms with Crippen LogP contribution >= 0.6 is 0 Å². The number of hydrazone groups is 1. The number of piperazine rings is 1. The van der Waals surface area contributed by atoms with E-state index in [0.29, 0.717) is 19.0 Å². The number of benzene rings is 1. The second-order valence-electron chi connectivity index (χ2n) is 6.32. The number of carbonyl (C=O) groups is 2. The summed E-state index contributed by atoms with van der Waals surface area (Å²) in [6, 6.07) is 9.65. The Labute approximate surface area is 141 Å². The predicted molar refractivity (Wildman–Crippen MR) is 89.0 cm³/mol. The number of amides is 2. The maximum Gasteiger partial charge on any atom is 0.287 e. The molecule has 0 bridgehead atoms. The van der Waals surface area contributed by atoms with E-state index in [2.05, 4.69) is 10.4 Å². The fraction of sp³-hybridized carbons (Fsp3) is 0.471. The lowest BCUT2D eigenvalue weighted by Crippen LogP contribution is -2.59. The van der Waals surface area contributed by atoms with Gasteiger partial charge in [-0.15, -0.1) is 5.10 Å². The average molecular weight is 330 g/mol.